The highest BCUT2D eigenvalue weighted by molar-refractivity contribution is 8.76. The van der Waals surface area contributed by atoms with E-state index in [1.807, 2.05) is 60.7 Å². The average Bonchev–Trinajstić information content (AvgIpc) is 3.61. The molecule has 0 spiro atoms. The number of amides is 2. The number of nitrogens with zero attached hydrogens (tertiary/aromatic N) is 2. The quantitative estimate of drug-likeness (QED) is 0.149. The zero-order valence-electron chi connectivity index (χ0n) is 19.7. The lowest BCUT2D eigenvalue weighted by Gasteiger charge is -2.05. The molecule has 4 N–H and O–H groups in total. The van der Waals surface area contributed by atoms with Gasteiger partial charge in [-0.25, -0.2) is 0 Å². The van der Waals surface area contributed by atoms with E-state index >= 15 is 0 Å². The highest BCUT2D eigenvalue weighted by Gasteiger charge is 2.11. The topological polar surface area (TPSA) is 116 Å². The Morgan fingerprint density at radius 2 is 1.08 bits per heavy atom. The summed E-state index contributed by atoms with van der Waals surface area (Å²) >= 11 is 0. The van der Waals surface area contributed by atoms with Crippen LogP contribution >= 0.6 is 21.6 Å². The molecule has 186 valence electrons. The Morgan fingerprint density at radius 3 is 1.50 bits per heavy atom. The molecule has 0 radical (unpaired) electrons. The Balaban J connectivity index is 1.03. The van der Waals surface area contributed by atoms with Crippen LogP contribution in [0.1, 0.15) is 33.8 Å². The first-order valence-electron chi connectivity index (χ1n) is 11.7. The minimum Gasteiger partial charge on any atom is -0.351 e. The van der Waals surface area contributed by atoms with Crippen LogP contribution in [-0.4, -0.2) is 56.8 Å². The van der Waals surface area contributed by atoms with Crippen molar-refractivity contribution in [3.63, 3.8) is 0 Å². The van der Waals surface area contributed by atoms with Crippen LogP contribution in [-0.2, 0) is 0 Å². The zero-order valence-corrected chi connectivity index (χ0v) is 21.3. The molecule has 4 aromatic rings. The summed E-state index contributed by atoms with van der Waals surface area (Å²) in [4.78, 5) is 24.6. The fraction of sp³-hybridized carbons (Fsp3) is 0.231. The number of nitrogens with one attached hydrogen (secondary N) is 4. The smallest absolute Gasteiger partial charge is 0.269 e. The lowest BCUT2D eigenvalue weighted by Crippen LogP contribution is -2.25. The van der Waals surface area contributed by atoms with E-state index in [-0.39, 0.29) is 11.8 Å². The standard InChI is InChI=1S/C26H28N6O2S2/c33-25(23-17-21(29-31-23)19-9-3-1-4-10-19)27-13-7-15-35-36-16-8-14-28-26(34)24-18-22(30-32-24)20-11-5-2-6-12-20/h1-6,9-12,17-18H,7-8,13-16H2,(H,27,33)(H,28,34)(H,29,31)(H,30,32). The molecular weight excluding hydrogens is 492 g/mol. The molecule has 10 heteroatoms. The van der Waals surface area contributed by atoms with Gasteiger partial charge in [0, 0.05) is 35.7 Å². The van der Waals surface area contributed by atoms with E-state index in [0.717, 1.165) is 46.9 Å². The Kier molecular flexibility index (Phi) is 9.63. The Morgan fingerprint density at radius 1 is 0.667 bits per heavy atom. The van der Waals surface area contributed by atoms with Crippen LogP contribution in [0, 0.1) is 0 Å². The third-order valence-electron chi connectivity index (χ3n) is 5.25. The molecule has 36 heavy (non-hydrogen) atoms. The van der Waals surface area contributed by atoms with Gasteiger partial charge in [0.1, 0.15) is 11.4 Å². The van der Waals surface area contributed by atoms with Crippen molar-refractivity contribution in [2.24, 2.45) is 0 Å². The van der Waals surface area contributed by atoms with E-state index in [1.165, 1.54) is 0 Å². The minimum atomic E-state index is -0.147. The Bertz CT molecular complexity index is 1150. The molecule has 0 aliphatic carbocycles. The predicted molar refractivity (Wildman–Crippen MR) is 147 cm³/mol. The number of carbonyl (C=O) groups is 2. The normalized spacial score (nSPS) is 10.8. The van der Waals surface area contributed by atoms with Gasteiger partial charge in [0.15, 0.2) is 0 Å². The number of hydrogen-bond donors (Lipinski definition) is 4. The van der Waals surface area contributed by atoms with Crippen molar-refractivity contribution in [2.75, 3.05) is 24.6 Å². The lowest BCUT2D eigenvalue weighted by atomic mass is 10.1. The second kappa shape index (κ2) is 13.6. The molecule has 0 saturated carbocycles. The first-order chi connectivity index (χ1) is 17.7. The van der Waals surface area contributed by atoms with Crippen LogP contribution in [0.5, 0.6) is 0 Å². The van der Waals surface area contributed by atoms with Crippen molar-refractivity contribution in [1.29, 1.82) is 0 Å². The number of aromatic nitrogens is 4. The van der Waals surface area contributed by atoms with Crippen LogP contribution in [0.25, 0.3) is 22.5 Å². The maximum absolute atomic E-state index is 12.3. The van der Waals surface area contributed by atoms with Crippen molar-refractivity contribution in [3.8, 4) is 22.5 Å². The van der Waals surface area contributed by atoms with E-state index in [2.05, 4.69) is 31.0 Å². The van der Waals surface area contributed by atoms with Crippen molar-refractivity contribution in [1.82, 2.24) is 31.0 Å². The van der Waals surface area contributed by atoms with Crippen molar-refractivity contribution in [2.45, 2.75) is 12.8 Å². The molecule has 2 amide bonds. The fourth-order valence-corrected chi connectivity index (χ4v) is 5.54. The molecule has 0 fully saturated rings. The number of rotatable bonds is 13. The van der Waals surface area contributed by atoms with Gasteiger partial charge in [0.2, 0.25) is 0 Å². The van der Waals surface area contributed by atoms with Crippen molar-refractivity contribution >= 4 is 33.4 Å². The molecule has 4 rings (SSSR count). The highest BCUT2D eigenvalue weighted by atomic mass is 33.1. The number of hydrogen-bond acceptors (Lipinski definition) is 6. The zero-order chi connectivity index (χ0) is 25.0. The van der Waals surface area contributed by atoms with Gasteiger partial charge in [0.25, 0.3) is 11.8 Å². The van der Waals surface area contributed by atoms with Crippen LogP contribution < -0.4 is 10.6 Å². The largest absolute Gasteiger partial charge is 0.351 e. The molecule has 0 unspecified atom stereocenters. The molecule has 2 aromatic heterocycles. The van der Waals surface area contributed by atoms with Crippen LogP contribution in [0.4, 0.5) is 0 Å². The van der Waals surface area contributed by atoms with E-state index in [4.69, 9.17) is 0 Å². The molecule has 8 nitrogen and oxygen atoms in total. The van der Waals surface area contributed by atoms with Crippen LogP contribution in [0.15, 0.2) is 72.8 Å². The third-order valence-corrected chi connectivity index (χ3v) is 7.82. The van der Waals surface area contributed by atoms with Gasteiger partial charge in [-0.1, -0.05) is 82.3 Å². The second-order valence-corrected chi connectivity index (χ2v) is 10.6. The maximum Gasteiger partial charge on any atom is 0.269 e. The van der Waals surface area contributed by atoms with Gasteiger partial charge in [-0.2, -0.15) is 10.2 Å². The molecule has 2 aromatic carbocycles. The Labute approximate surface area is 217 Å². The van der Waals surface area contributed by atoms with E-state index in [9.17, 15) is 9.59 Å². The van der Waals surface area contributed by atoms with Gasteiger partial charge in [-0.05, 0) is 25.0 Å². The number of H-pyrrole nitrogens is 2. The predicted octanol–water partition coefficient (Wildman–Crippen LogP) is 4.79. The summed E-state index contributed by atoms with van der Waals surface area (Å²) in [5.74, 6) is 1.58. The van der Waals surface area contributed by atoms with Crippen LogP contribution in [0.2, 0.25) is 0 Å². The summed E-state index contributed by atoms with van der Waals surface area (Å²) in [6.07, 6.45) is 1.76. The average molecular weight is 521 g/mol. The Hall–Kier alpha value is -3.50. The van der Waals surface area contributed by atoms with Gasteiger partial charge < -0.3 is 10.6 Å². The molecule has 0 aliphatic heterocycles. The maximum atomic E-state index is 12.3. The second-order valence-electron chi connectivity index (χ2n) is 7.93. The molecule has 0 atom stereocenters. The fourth-order valence-electron chi connectivity index (χ4n) is 3.36. The van der Waals surface area contributed by atoms with Crippen LogP contribution in [0.3, 0.4) is 0 Å². The van der Waals surface area contributed by atoms with Gasteiger partial charge in [-0.3, -0.25) is 19.8 Å². The first-order valence-corrected chi connectivity index (χ1v) is 14.2. The summed E-state index contributed by atoms with van der Waals surface area (Å²) in [6, 6.07) is 23.0. The van der Waals surface area contributed by atoms with Crippen molar-refractivity contribution < 1.29 is 9.59 Å². The summed E-state index contributed by atoms with van der Waals surface area (Å²) in [5, 5.41) is 19.9. The molecule has 0 saturated heterocycles. The summed E-state index contributed by atoms with van der Waals surface area (Å²) in [7, 11) is 3.55. The van der Waals surface area contributed by atoms with E-state index < -0.39 is 0 Å². The molecule has 2 heterocycles. The molecular formula is C26H28N6O2S2. The highest BCUT2D eigenvalue weighted by Crippen LogP contribution is 2.22. The first kappa shape index (κ1) is 25.6. The monoisotopic (exact) mass is 520 g/mol. The molecule has 0 aliphatic rings. The summed E-state index contributed by atoms with van der Waals surface area (Å²) in [5.41, 5.74) is 4.38. The van der Waals surface area contributed by atoms with E-state index in [0.29, 0.717) is 24.5 Å². The van der Waals surface area contributed by atoms with E-state index in [1.54, 1.807) is 33.7 Å². The minimum absolute atomic E-state index is 0.147. The van der Waals surface area contributed by atoms with Gasteiger partial charge in [0.05, 0.1) is 11.4 Å². The lowest BCUT2D eigenvalue weighted by molar-refractivity contribution is 0.0940. The molecule has 0 bridgehead atoms. The van der Waals surface area contributed by atoms with Gasteiger partial charge in [-0.15, -0.1) is 0 Å². The summed E-state index contributed by atoms with van der Waals surface area (Å²) in [6.45, 7) is 1.22. The SMILES string of the molecule is O=C(NCCCSSCCCNC(=O)c1cc(-c2ccccc2)n[nH]1)c1cc(-c2ccccc2)n[nH]1. The summed E-state index contributed by atoms with van der Waals surface area (Å²) < 4.78 is 0. The van der Waals surface area contributed by atoms with Gasteiger partial charge >= 0.3 is 0 Å². The third kappa shape index (κ3) is 7.50. The van der Waals surface area contributed by atoms with Crippen molar-refractivity contribution in [3.05, 3.63) is 84.2 Å². The number of aromatic amines is 2. The number of benzene rings is 2. The number of carbonyl (C=O) groups excluding carboxylic acids is 2.